The van der Waals surface area contributed by atoms with Crippen molar-refractivity contribution in [2.75, 3.05) is 12.0 Å². The number of ether oxygens (including phenoxy) is 1. The van der Waals surface area contributed by atoms with Crippen LogP contribution in [0, 0.1) is 0 Å². The average Bonchev–Trinajstić information content (AvgIpc) is 2.96. The standard InChI is InChI=1S/C22H16Cl2N2O2/c1-28-20-11-10-16(12-18(20)24)25-21-17-4-2-3-5-19(17)26(22(21)27)13-14-6-8-15(23)9-7-14/h2-12H,13H2,1H3. The Morgan fingerprint density at radius 1 is 1.00 bits per heavy atom. The van der Waals surface area contributed by atoms with Gasteiger partial charge in [0, 0.05) is 10.6 Å². The number of carbonyl (C=O) groups is 1. The molecule has 0 N–H and O–H groups in total. The van der Waals surface area contributed by atoms with Crippen LogP contribution in [0.1, 0.15) is 11.1 Å². The van der Waals surface area contributed by atoms with Crippen molar-refractivity contribution < 1.29 is 9.53 Å². The molecule has 0 aromatic heterocycles. The lowest BCUT2D eigenvalue weighted by atomic mass is 10.1. The van der Waals surface area contributed by atoms with Gasteiger partial charge in [-0.3, -0.25) is 4.79 Å². The Morgan fingerprint density at radius 3 is 2.46 bits per heavy atom. The van der Waals surface area contributed by atoms with Crippen molar-refractivity contribution in [3.63, 3.8) is 0 Å². The number of methoxy groups -OCH3 is 1. The number of carbonyl (C=O) groups excluding carboxylic acids is 1. The van der Waals surface area contributed by atoms with E-state index in [1.165, 1.54) is 0 Å². The molecule has 4 nitrogen and oxygen atoms in total. The molecule has 1 aliphatic rings. The Bertz CT molecular complexity index is 1080. The van der Waals surface area contributed by atoms with Crippen molar-refractivity contribution in [1.82, 2.24) is 0 Å². The van der Waals surface area contributed by atoms with Gasteiger partial charge in [-0.1, -0.05) is 53.5 Å². The van der Waals surface area contributed by atoms with Gasteiger partial charge in [0.15, 0.2) is 0 Å². The molecule has 28 heavy (non-hydrogen) atoms. The third-order valence-electron chi connectivity index (χ3n) is 4.53. The number of amides is 1. The van der Waals surface area contributed by atoms with Crippen LogP contribution in [0.5, 0.6) is 5.75 Å². The van der Waals surface area contributed by atoms with Crippen molar-refractivity contribution in [3.8, 4) is 5.75 Å². The van der Waals surface area contributed by atoms with Gasteiger partial charge in [0.2, 0.25) is 0 Å². The first-order valence-electron chi connectivity index (χ1n) is 8.65. The van der Waals surface area contributed by atoms with Gasteiger partial charge in [0.1, 0.15) is 11.5 Å². The van der Waals surface area contributed by atoms with Gasteiger partial charge < -0.3 is 9.64 Å². The third kappa shape index (κ3) is 3.49. The van der Waals surface area contributed by atoms with E-state index >= 15 is 0 Å². The molecular weight excluding hydrogens is 395 g/mol. The highest BCUT2D eigenvalue weighted by atomic mass is 35.5. The molecule has 1 aliphatic heterocycles. The van der Waals surface area contributed by atoms with E-state index in [2.05, 4.69) is 4.99 Å². The van der Waals surface area contributed by atoms with Crippen LogP contribution in [0.4, 0.5) is 11.4 Å². The van der Waals surface area contributed by atoms with Gasteiger partial charge in [0.25, 0.3) is 5.91 Å². The van der Waals surface area contributed by atoms with Crippen LogP contribution in [0.15, 0.2) is 71.7 Å². The number of nitrogens with zero attached hydrogens (tertiary/aromatic N) is 2. The molecule has 3 aromatic rings. The molecule has 3 aromatic carbocycles. The SMILES string of the molecule is COc1ccc(N=C2C(=O)N(Cc3ccc(Cl)cc3)c3ccccc32)cc1Cl. The first-order valence-corrected chi connectivity index (χ1v) is 9.40. The molecule has 0 atom stereocenters. The average molecular weight is 411 g/mol. The van der Waals surface area contributed by atoms with Crippen molar-refractivity contribution in [2.45, 2.75) is 6.54 Å². The van der Waals surface area contributed by atoms with E-state index in [1.807, 2.05) is 48.5 Å². The fourth-order valence-electron chi connectivity index (χ4n) is 3.15. The van der Waals surface area contributed by atoms with Gasteiger partial charge in [-0.25, -0.2) is 4.99 Å². The van der Waals surface area contributed by atoms with E-state index in [9.17, 15) is 4.79 Å². The number of hydrogen-bond acceptors (Lipinski definition) is 3. The molecule has 0 unspecified atom stereocenters. The van der Waals surface area contributed by atoms with E-state index in [-0.39, 0.29) is 5.91 Å². The van der Waals surface area contributed by atoms with E-state index in [4.69, 9.17) is 27.9 Å². The van der Waals surface area contributed by atoms with Crippen LogP contribution in [0.3, 0.4) is 0 Å². The summed E-state index contributed by atoms with van der Waals surface area (Å²) in [5.74, 6) is 0.413. The second-order valence-electron chi connectivity index (χ2n) is 6.31. The van der Waals surface area contributed by atoms with Crippen LogP contribution < -0.4 is 9.64 Å². The van der Waals surface area contributed by atoms with E-state index in [1.54, 1.807) is 30.2 Å². The lowest BCUT2D eigenvalue weighted by Crippen LogP contribution is -2.29. The summed E-state index contributed by atoms with van der Waals surface area (Å²) >= 11 is 12.2. The van der Waals surface area contributed by atoms with Crippen LogP contribution in [0.25, 0.3) is 0 Å². The summed E-state index contributed by atoms with van der Waals surface area (Å²) in [6, 6.07) is 20.3. The van der Waals surface area contributed by atoms with Gasteiger partial charge in [-0.2, -0.15) is 0 Å². The molecule has 140 valence electrons. The molecule has 0 radical (unpaired) electrons. The number of aliphatic imine (C=N–C) groups is 1. The maximum absolute atomic E-state index is 13.2. The van der Waals surface area contributed by atoms with E-state index < -0.39 is 0 Å². The molecule has 0 bridgehead atoms. The first kappa shape index (κ1) is 18.5. The highest BCUT2D eigenvalue weighted by molar-refractivity contribution is 6.54. The second kappa shape index (κ2) is 7.66. The first-order chi connectivity index (χ1) is 13.6. The van der Waals surface area contributed by atoms with Crippen molar-refractivity contribution >= 4 is 46.2 Å². The molecule has 4 rings (SSSR count). The van der Waals surface area contributed by atoms with E-state index in [0.717, 1.165) is 16.8 Å². The fourth-order valence-corrected chi connectivity index (χ4v) is 3.53. The molecule has 1 amide bonds. The minimum absolute atomic E-state index is 0.150. The molecular formula is C22H16Cl2N2O2. The van der Waals surface area contributed by atoms with Gasteiger partial charge in [-0.05, 0) is 42.0 Å². The lowest BCUT2D eigenvalue weighted by Gasteiger charge is -2.16. The predicted molar refractivity (Wildman–Crippen MR) is 113 cm³/mol. The summed E-state index contributed by atoms with van der Waals surface area (Å²) in [7, 11) is 1.55. The zero-order valence-corrected chi connectivity index (χ0v) is 16.5. The van der Waals surface area contributed by atoms with Crippen LogP contribution in [0.2, 0.25) is 10.0 Å². The summed E-state index contributed by atoms with van der Waals surface area (Å²) in [6.45, 7) is 0.440. The molecule has 0 aliphatic carbocycles. The predicted octanol–water partition coefficient (Wildman–Crippen LogP) is 5.67. The number of fused-ring (bicyclic) bond motifs is 1. The van der Waals surface area contributed by atoms with Crippen LogP contribution in [-0.4, -0.2) is 18.7 Å². The highest BCUT2D eigenvalue weighted by Gasteiger charge is 2.33. The fraction of sp³-hybridized carbons (Fsp3) is 0.0909. The molecule has 0 spiro atoms. The number of halogens is 2. The second-order valence-corrected chi connectivity index (χ2v) is 7.16. The molecule has 0 saturated carbocycles. The summed E-state index contributed by atoms with van der Waals surface area (Å²) in [6.07, 6.45) is 0. The van der Waals surface area contributed by atoms with Crippen molar-refractivity contribution in [1.29, 1.82) is 0 Å². The number of rotatable bonds is 4. The number of benzene rings is 3. The largest absolute Gasteiger partial charge is 0.495 e. The minimum Gasteiger partial charge on any atom is -0.495 e. The smallest absolute Gasteiger partial charge is 0.277 e. The summed E-state index contributed by atoms with van der Waals surface area (Å²) in [5, 5.41) is 1.11. The highest BCUT2D eigenvalue weighted by Crippen LogP contribution is 2.34. The normalized spacial score (nSPS) is 14.5. The van der Waals surface area contributed by atoms with E-state index in [0.29, 0.717) is 33.7 Å². The Balaban J connectivity index is 1.72. The summed E-state index contributed by atoms with van der Waals surface area (Å²) < 4.78 is 5.17. The minimum atomic E-state index is -0.150. The van der Waals surface area contributed by atoms with Gasteiger partial charge >= 0.3 is 0 Å². The Kier molecular flexibility index (Phi) is 5.07. The molecule has 1 heterocycles. The zero-order valence-electron chi connectivity index (χ0n) is 15.0. The number of hydrogen-bond donors (Lipinski definition) is 0. The van der Waals surface area contributed by atoms with Crippen LogP contribution in [-0.2, 0) is 11.3 Å². The van der Waals surface area contributed by atoms with Crippen LogP contribution >= 0.6 is 23.2 Å². The third-order valence-corrected chi connectivity index (χ3v) is 5.08. The molecule has 0 fully saturated rings. The Hall–Kier alpha value is -2.82. The Labute approximate surface area is 173 Å². The van der Waals surface area contributed by atoms with Gasteiger partial charge in [-0.15, -0.1) is 0 Å². The van der Waals surface area contributed by atoms with Gasteiger partial charge in [0.05, 0.1) is 30.1 Å². The Morgan fingerprint density at radius 2 is 1.75 bits per heavy atom. The maximum Gasteiger partial charge on any atom is 0.277 e. The summed E-state index contributed by atoms with van der Waals surface area (Å²) in [5.41, 5.74) is 3.61. The van der Waals surface area contributed by atoms with Crippen molar-refractivity contribution in [2.24, 2.45) is 4.99 Å². The molecule has 0 saturated heterocycles. The number of para-hydroxylation sites is 1. The maximum atomic E-state index is 13.2. The zero-order chi connectivity index (χ0) is 19.7. The quantitative estimate of drug-likeness (QED) is 0.555. The summed E-state index contributed by atoms with van der Waals surface area (Å²) in [4.78, 5) is 19.5. The monoisotopic (exact) mass is 410 g/mol. The number of anilines is 1. The lowest BCUT2D eigenvalue weighted by molar-refractivity contribution is -0.112. The topological polar surface area (TPSA) is 41.9 Å². The van der Waals surface area contributed by atoms with Crippen molar-refractivity contribution in [3.05, 3.63) is 87.9 Å². The molecule has 6 heteroatoms.